The smallest absolute Gasteiger partial charge is 0.251 e. The molecule has 20 heavy (non-hydrogen) atoms. The number of carbonyl (C=O) groups is 2. The van der Waals surface area contributed by atoms with Crippen LogP contribution in [0.25, 0.3) is 0 Å². The highest BCUT2D eigenvalue weighted by atomic mass is 16.2. The van der Waals surface area contributed by atoms with Gasteiger partial charge in [0, 0.05) is 30.8 Å². The van der Waals surface area contributed by atoms with Gasteiger partial charge in [0.25, 0.3) is 11.8 Å². The fraction of sp³-hybridized carbons (Fsp3) is 0.467. The van der Waals surface area contributed by atoms with Crippen LogP contribution in [0.15, 0.2) is 24.3 Å². The summed E-state index contributed by atoms with van der Waals surface area (Å²) in [4.78, 5) is 23.8. The van der Waals surface area contributed by atoms with Crippen LogP contribution in [-0.4, -0.2) is 38.0 Å². The predicted molar refractivity (Wildman–Crippen MR) is 79.9 cm³/mol. The molecule has 0 aromatic heterocycles. The van der Waals surface area contributed by atoms with Gasteiger partial charge in [-0.3, -0.25) is 9.59 Å². The lowest BCUT2D eigenvalue weighted by Crippen LogP contribution is -2.32. The number of hydrogen-bond acceptors (Lipinski definition) is 3. The summed E-state index contributed by atoms with van der Waals surface area (Å²) in [5, 5.41) is 8.73. The second-order valence-corrected chi connectivity index (χ2v) is 4.45. The van der Waals surface area contributed by atoms with E-state index in [9.17, 15) is 9.59 Å². The van der Waals surface area contributed by atoms with Gasteiger partial charge in [-0.2, -0.15) is 0 Å². The van der Waals surface area contributed by atoms with Crippen LogP contribution in [0.2, 0.25) is 0 Å². The van der Waals surface area contributed by atoms with Gasteiger partial charge in [0.15, 0.2) is 0 Å². The van der Waals surface area contributed by atoms with E-state index in [-0.39, 0.29) is 11.8 Å². The van der Waals surface area contributed by atoms with Crippen LogP contribution < -0.4 is 16.0 Å². The van der Waals surface area contributed by atoms with Crippen molar-refractivity contribution in [3.05, 3.63) is 35.4 Å². The van der Waals surface area contributed by atoms with Crippen molar-refractivity contribution in [1.29, 1.82) is 0 Å². The third-order valence-electron chi connectivity index (χ3n) is 2.76. The van der Waals surface area contributed by atoms with E-state index in [2.05, 4.69) is 16.0 Å². The maximum Gasteiger partial charge on any atom is 0.251 e. The minimum absolute atomic E-state index is 0.144. The van der Waals surface area contributed by atoms with Crippen LogP contribution in [0.1, 0.15) is 41.0 Å². The molecule has 0 bridgehead atoms. The Balaban J connectivity index is 2.58. The molecule has 5 heteroatoms. The molecule has 0 unspecified atom stereocenters. The lowest BCUT2D eigenvalue weighted by atomic mass is 10.1. The zero-order valence-electron chi connectivity index (χ0n) is 12.2. The summed E-state index contributed by atoms with van der Waals surface area (Å²) in [7, 11) is 0. The van der Waals surface area contributed by atoms with E-state index in [1.165, 1.54) is 0 Å². The number of amides is 2. The molecule has 0 atom stereocenters. The van der Waals surface area contributed by atoms with Crippen molar-refractivity contribution in [2.45, 2.75) is 20.3 Å². The number of rotatable bonds is 8. The van der Waals surface area contributed by atoms with Crippen molar-refractivity contribution in [1.82, 2.24) is 16.0 Å². The Bertz CT molecular complexity index is 446. The molecule has 0 aliphatic heterocycles. The summed E-state index contributed by atoms with van der Waals surface area (Å²) in [5.74, 6) is -0.304. The molecule has 0 radical (unpaired) electrons. The molecule has 1 aromatic rings. The van der Waals surface area contributed by atoms with Crippen LogP contribution in [0.3, 0.4) is 0 Å². The van der Waals surface area contributed by atoms with Crippen molar-refractivity contribution >= 4 is 11.8 Å². The number of likely N-dealkylation sites (N-methyl/N-ethyl adjacent to an activating group) is 1. The van der Waals surface area contributed by atoms with Gasteiger partial charge in [-0.15, -0.1) is 0 Å². The molecular formula is C15H23N3O2. The molecule has 1 aromatic carbocycles. The van der Waals surface area contributed by atoms with Crippen molar-refractivity contribution < 1.29 is 9.59 Å². The minimum atomic E-state index is -0.159. The van der Waals surface area contributed by atoms with E-state index >= 15 is 0 Å². The molecule has 0 heterocycles. The summed E-state index contributed by atoms with van der Waals surface area (Å²) in [6, 6.07) is 6.76. The van der Waals surface area contributed by atoms with Crippen molar-refractivity contribution in [2.75, 3.05) is 26.2 Å². The Labute approximate surface area is 120 Å². The van der Waals surface area contributed by atoms with Gasteiger partial charge in [-0.05, 0) is 31.2 Å². The molecule has 3 N–H and O–H groups in total. The quantitative estimate of drug-likeness (QED) is 0.625. The Hall–Kier alpha value is -1.88. The molecule has 0 saturated carbocycles. The van der Waals surface area contributed by atoms with Gasteiger partial charge < -0.3 is 16.0 Å². The topological polar surface area (TPSA) is 70.2 Å². The highest BCUT2D eigenvalue weighted by molar-refractivity contribution is 5.99. The molecule has 110 valence electrons. The number of nitrogens with one attached hydrogen (secondary N) is 3. The molecule has 0 aliphatic rings. The number of hydrogen-bond donors (Lipinski definition) is 3. The van der Waals surface area contributed by atoms with Gasteiger partial charge in [0.1, 0.15) is 0 Å². The standard InChI is InChI=1S/C15H23N3O2/c1-3-8-17-14(19)12-6-5-7-13(11-12)15(20)18-10-9-16-4-2/h5-7,11,16H,3-4,8-10H2,1-2H3,(H,17,19)(H,18,20). The first-order valence-corrected chi connectivity index (χ1v) is 7.06. The average molecular weight is 277 g/mol. The lowest BCUT2D eigenvalue weighted by Gasteiger charge is -2.07. The van der Waals surface area contributed by atoms with Crippen LogP contribution in [0, 0.1) is 0 Å². The normalized spacial score (nSPS) is 10.1. The summed E-state index contributed by atoms with van der Waals surface area (Å²) < 4.78 is 0. The summed E-state index contributed by atoms with van der Waals surface area (Å²) in [6.45, 7) is 6.83. The first kappa shape index (κ1) is 16.2. The van der Waals surface area contributed by atoms with Gasteiger partial charge >= 0.3 is 0 Å². The molecule has 5 nitrogen and oxygen atoms in total. The molecule has 1 rings (SSSR count). The average Bonchev–Trinajstić information content (AvgIpc) is 2.49. The largest absolute Gasteiger partial charge is 0.352 e. The zero-order chi connectivity index (χ0) is 14.8. The SMILES string of the molecule is CCCNC(=O)c1cccc(C(=O)NCCNCC)c1. The fourth-order valence-corrected chi connectivity index (χ4v) is 1.69. The third-order valence-corrected chi connectivity index (χ3v) is 2.76. The highest BCUT2D eigenvalue weighted by Crippen LogP contribution is 2.05. The first-order chi connectivity index (χ1) is 9.69. The Kier molecular flexibility index (Phi) is 7.35. The second-order valence-electron chi connectivity index (χ2n) is 4.45. The van der Waals surface area contributed by atoms with Crippen molar-refractivity contribution in [3.63, 3.8) is 0 Å². The Morgan fingerprint density at radius 1 is 0.950 bits per heavy atom. The molecular weight excluding hydrogens is 254 g/mol. The van der Waals surface area contributed by atoms with Gasteiger partial charge in [0.05, 0.1) is 0 Å². The van der Waals surface area contributed by atoms with Gasteiger partial charge in [-0.25, -0.2) is 0 Å². The number of benzene rings is 1. The lowest BCUT2D eigenvalue weighted by molar-refractivity contribution is 0.0953. The van der Waals surface area contributed by atoms with Crippen LogP contribution in [0.5, 0.6) is 0 Å². The summed E-state index contributed by atoms with van der Waals surface area (Å²) in [5.41, 5.74) is 1.02. The maximum atomic E-state index is 11.9. The molecule has 0 saturated heterocycles. The van der Waals surface area contributed by atoms with Crippen molar-refractivity contribution in [3.8, 4) is 0 Å². The fourth-order valence-electron chi connectivity index (χ4n) is 1.69. The van der Waals surface area contributed by atoms with Crippen LogP contribution in [-0.2, 0) is 0 Å². The monoisotopic (exact) mass is 277 g/mol. The summed E-state index contributed by atoms with van der Waals surface area (Å²) in [6.07, 6.45) is 0.885. The molecule has 0 fully saturated rings. The van der Waals surface area contributed by atoms with Gasteiger partial charge in [-0.1, -0.05) is 19.9 Å². The molecule has 2 amide bonds. The van der Waals surface area contributed by atoms with Gasteiger partial charge in [0.2, 0.25) is 0 Å². The van der Waals surface area contributed by atoms with E-state index in [0.29, 0.717) is 24.2 Å². The Morgan fingerprint density at radius 3 is 2.10 bits per heavy atom. The first-order valence-electron chi connectivity index (χ1n) is 7.06. The number of carbonyl (C=O) groups excluding carboxylic acids is 2. The van der Waals surface area contributed by atoms with E-state index in [1.807, 2.05) is 13.8 Å². The molecule has 0 spiro atoms. The predicted octanol–water partition coefficient (Wildman–Crippen LogP) is 1.17. The maximum absolute atomic E-state index is 11.9. The Morgan fingerprint density at radius 2 is 1.55 bits per heavy atom. The van der Waals surface area contributed by atoms with E-state index in [0.717, 1.165) is 19.5 Å². The van der Waals surface area contributed by atoms with Crippen LogP contribution >= 0.6 is 0 Å². The van der Waals surface area contributed by atoms with E-state index in [1.54, 1.807) is 24.3 Å². The van der Waals surface area contributed by atoms with E-state index in [4.69, 9.17) is 0 Å². The third kappa shape index (κ3) is 5.40. The van der Waals surface area contributed by atoms with Crippen LogP contribution in [0.4, 0.5) is 0 Å². The minimum Gasteiger partial charge on any atom is -0.352 e. The van der Waals surface area contributed by atoms with Crippen molar-refractivity contribution in [2.24, 2.45) is 0 Å². The van der Waals surface area contributed by atoms with E-state index < -0.39 is 0 Å². The summed E-state index contributed by atoms with van der Waals surface area (Å²) >= 11 is 0. The second kappa shape index (κ2) is 9.09. The molecule has 0 aliphatic carbocycles. The zero-order valence-corrected chi connectivity index (χ0v) is 12.2. The highest BCUT2D eigenvalue weighted by Gasteiger charge is 2.09.